The monoisotopic (exact) mass is 312 g/mol. The molecule has 2 aromatic carbocycles. The maximum atomic E-state index is 5.17. The Hall–Kier alpha value is -2.20. The van der Waals surface area contributed by atoms with E-state index in [1.807, 2.05) is 24.4 Å². The minimum Gasteiger partial charge on any atom is -0.497 e. The number of benzene rings is 2. The van der Waals surface area contributed by atoms with Gasteiger partial charge in [0.25, 0.3) is 0 Å². The number of hydrogen-bond acceptors (Lipinski definition) is 2. The van der Waals surface area contributed by atoms with Gasteiger partial charge in [-0.05, 0) is 23.3 Å². The highest BCUT2D eigenvalue weighted by molar-refractivity contribution is 7.59. The normalized spacial score (nSPS) is 10.0. The van der Waals surface area contributed by atoms with Crippen molar-refractivity contribution in [1.29, 1.82) is 0 Å². The fourth-order valence-electron chi connectivity index (χ4n) is 2.34. The Morgan fingerprint density at radius 2 is 1.59 bits per heavy atom. The van der Waals surface area contributed by atoms with E-state index in [4.69, 9.17) is 4.74 Å². The van der Waals surface area contributed by atoms with Crippen LogP contribution in [-0.2, 0) is 12.8 Å². The molecule has 0 aliphatic heterocycles. The number of methoxy groups -OCH3 is 1. The first kappa shape index (κ1) is 16.2. The highest BCUT2D eigenvalue weighted by Crippen LogP contribution is 2.14. The summed E-state index contributed by atoms with van der Waals surface area (Å²) in [6, 6.07) is 18.5. The van der Waals surface area contributed by atoms with Gasteiger partial charge in [0.2, 0.25) is 0 Å². The van der Waals surface area contributed by atoms with Gasteiger partial charge in [-0.1, -0.05) is 42.5 Å². The van der Waals surface area contributed by atoms with E-state index in [0.717, 1.165) is 30.1 Å². The van der Waals surface area contributed by atoms with Crippen molar-refractivity contribution in [1.82, 2.24) is 9.97 Å². The third kappa shape index (κ3) is 4.15. The van der Waals surface area contributed by atoms with Crippen molar-refractivity contribution in [3.05, 3.63) is 83.4 Å². The van der Waals surface area contributed by atoms with Crippen LogP contribution in [0.1, 0.15) is 22.6 Å². The predicted octanol–water partition coefficient (Wildman–Crippen LogP) is 3.71. The van der Waals surface area contributed by atoms with Crippen LogP contribution >= 0.6 is 13.5 Å². The van der Waals surface area contributed by atoms with E-state index in [0.29, 0.717) is 0 Å². The number of imidazole rings is 1. The standard InChI is InChI=1S/C18H18N2O.H2S/c1-21-17-9-7-15(8-10-17)12-18-19-13-16(20-18)11-14-5-3-2-4-6-14;/h2-10,13H,11-12H2,1H3,(H,19,20);1H2. The SMILES string of the molecule is COc1ccc(Cc2ncc(Cc3ccccc3)[nH]2)cc1.S. The Kier molecular flexibility index (Phi) is 5.67. The topological polar surface area (TPSA) is 37.9 Å². The largest absolute Gasteiger partial charge is 0.497 e. The maximum absolute atomic E-state index is 5.17. The number of hydrogen-bond donors (Lipinski definition) is 1. The number of H-pyrrole nitrogens is 1. The first-order chi connectivity index (χ1) is 10.3. The molecule has 0 spiro atoms. The quantitative estimate of drug-likeness (QED) is 0.780. The van der Waals surface area contributed by atoms with E-state index in [1.165, 1.54) is 11.1 Å². The molecule has 0 unspecified atom stereocenters. The summed E-state index contributed by atoms with van der Waals surface area (Å²) >= 11 is 0. The van der Waals surface area contributed by atoms with Gasteiger partial charge in [-0.3, -0.25) is 0 Å². The third-order valence-corrected chi connectivity index (χ3v) is 3.45. The Morgan fingerprint density at radius 1 is 0.909 bits per heavy atom. The molecule has 0 atom stereocenters. The summed E-state index contributed by atoms with van der Waals surface area (Å²) in [7, 11) is 1.68. The highest BCUT2D eigenvalue weighted by atomic mass is 32.1. The Morgan fingerprint density at radius 3 is 2.27 bits per heavy atom. The van der Waals surface area contributed by atoms with Crippen LogP contribution < -0.4 is 4.74 Å². The zero-order valence-electron chi connectivity index (χ0n) is 12.5. The highest BCUT2D eigenvalue weighted by Gasteiger charge is 2.03. The minimum atomic E-state index is 0. The van der Waals surface area contributed by atoms with Gasteiger partial charge in [-0.15, -0.1) is 0 Å². The van der Waals surface area contributed by atoms with E-state index >= 15 is 0 Å². The molecule has 1 aromatic heterocycles. The molecule has 1 N–H and O–H groups in total. The first-order valence-electron chi connectivity index (χ1n) is 7.03. The van der Waals surface area contributed by atoms with Crippen LogP contribution in [0.15, 0.2) is 60.8 Å². The van der Waals surface area contributed by atoms with Gasteiger partial charge < -0.3 is 9.72 Å². The van der Waals surface area contributed by atoms with E-state index in [9.17, 15) is 0 Å². The Bertz CT molecular complexity index is 693. The van der Waals surface area contributed by atoms with Crippen LogP contribution in [0.5, 0.6) is 5.75 Å². The Balaban J connectivity index is 0.00000176. The van der Waals surface area contributed by atoms with Gasteiger partial charge in [-0.25, -0.2) is 4.98 Å². The molecule has 3 rings (SSSR count). The zero-order chi connectivity index (χ0) is 14.5. The fourth-order valence-corrected chi connectivity index (χ4v) is 2.34. The van der Waals surface area contributed by atoms with Crippen LogP contribution in [0.4, 0.5) is 0 Å². The van der Waals surface area contributed by atoms with Crippen molar-refractivity contribution in [3.63, 3.8) is 0 Å². The smallest absolute Gasteiger partial charge is 0.118 e. The van der Waals surface area contributed by atoms with Gasteiger partial charge in [-0.2, -0.15) is 13.5 Å². The van der Waals surface area contributed by atoms with Gasteiger partial charge in [0.15, 0.2) is 0 Å². The molecule has 0 aliphatic rings. The predicted molar refractivity (Wildman–Crippen MR) is 94.0 cm³/mol. The van der Waals surface area contributed by atoms with Crippen LogP contribution in [0.3, 0.4) is 0 Å². The lowest BCUT2D eigenvalue weighted by molar-refractivity contribution is 0.414. The minimum absolute atomic E-state index is 0. The van der Waals surface area contributed by atoms with Crippen molar-refractivity contribution in [2.75, 3.05) is 7.11 Å². The summed E-state index contributed by atoms with van der Waals surface area (Å²) < 4.78 is 5.17. The molecule has 1 heterocycles. The van der Waals surface area contributed by atoms with Crippen LogP contribution in [0, 0.1) is 0 Å². The Labute approximate surface area is 137 Å². The molecule has 0 radical (unpaired) electrons. The summed E-state index contributed by atoms with van der Waals surface area (Å²) in [5.41, 5.74) is 3.65. The maximum Gasteiger partial charge on any atom is 0.118 e. The van der Waals surface area contributed by atoms with Gasteiger partial charge >= 0.3 is 0 Å². The number of rotatable bonds is 5. The third-order valence-electron chi connectivity index (χ3n) is 3.45. The summed E-state index contributed by atoms with van der Waals surface area (Å²) in [5, 5.41) is 0. The van der Waals surface area contributed by atoms with E-state index < -0.39 is 0 Å². The first-order valence-corrected chi connectivity index (χ1v) is 7.03. The fraction of sp³-hybridized carbons (Fsp3) is 0.167. The average molecular weight is 312 g/mol. The number of nitrogens with zero attached hydrogens (tertiary/aromatic N) is 1. The van der Waals surface area contributed by atoms with Crippen molar-refractivity contribution in [2.45, 2.75) is 12.8 Å². The van der Waals surface area contributed by atoms with Crippen molar-refractivity contribution in [3.8, 4) is 5.75 Å². The van der Waals surface area contributed by atoms with E-state index in [2.05, 4.69) is 46.4 Å². The number of aromatic amines is 1. The summed E-state index contributed by atoms with van der Waals surface area (Å²) in [4.78, 5) is 7.86. The zero-order valence-corrected chi connectivity index (χ0v) is 13.5. The number of aromatic nitrogens is 2. The number of nitrogens with one attached hydrogen (secondary N) is 1. The molecule has 0 amide bonds. The second kappa shape index (κ2) is 7.71. The van der Waals surface area contributed by atoms with Crippen molar-refractivity contribution >= 4 is 13.5 Å². The molecule has 3 nitrogen and oxygen atoms in total. The van der Waals surface area contributed by atoms with E-state index in [-0.39, 0.29) is 13.5 Å². The molecule has 0 saturated carbocycles. The molecule has 0 bridgehead atoms. The molecule has 114 valence electrons. The average Bonchev–Trinajstić information content (AvgIpc) is 2.96. The second-order valence-electron chi connectivity index (χ2n) is 5.04. The summed E-state index contributed by atoms with van der Waals surface area (Å²) in [6.07, 6.45) is 3.61. The molecule has 4 heteroatoms. The molecule has 22 heavy (non-hydrogen) atoms. The van der Waals surface area contributed by atoms with Crippen molar-refractivity contribution < 1.29 is 4.74 Å². The van der Waals surface area contributed by atoms with Crippen LogP contribution in [0.2, 0.25) is 0 Å². The lowest BCUT2D eigenvalue weighted by Crippen LogP contribution is -1.93. The van der Waals surface area contributed by atoms with E-state index in [1.54, 1.807) is 7.11 Å². The molecule has 0 fully saturated rings. The molecular weight excluding hydrogens is 292 g/mol. The second-order valence-corrected chi connectivity index (χ2v) is 5.04. The van der Waals surface area contributed by atoms with Crippen LogP contribution in [-0.4, -0.2) is 17.1 Å². The van der Waals surface area contributed by atoms with Gasteiger partial charge in [0.1, 0.15) is 11.6 Å². The molecular formula is C18H20N2OS. The van der Waals surface area contributed by atoms with Crippen LogP contribution in [0.25, 0.3) is 0 Å². The molecule has 3 aromatic rings. The van der Waals surface area contributed by atoms with Gasteiger partial charge in [0, 0.05) is 24.7 Å². The summed E-state index contributed by atoms with van der Waals surface area (Å²) in [5.74, 6) is 1.87. The van der Waals surface area contributed by atoms with Crippen molar-refractivity contribution in [2.24, 2.45) is 0 Å². The molecule has 0 saturated heterocycles. The summed E-state index contributed by atoms with van der Waals surface area (Å²) in [6.45, 7) is 0. The number of ether oxygens (including phenoxy) is 1. The van der Waals surface area contributed by atoms with Gasteiger partial charge in [0.05, 0.1) is 7.11 Å². The lowest BCUT2D eigenvalue weighted by Gasteiger charge is -2.02. The molecule has 0 aliphatic carbocycles. The lowest BCUT2D eigenvalue weighted by atomic mass is 10.1.